The minimum Gasteiger partial charge on any atom is -0.356 e. The minimum atomic E-state index is -0.0401. The van der Waals surface area contributed by atoms with Gasteiger partial charge in [-0.2, -0.15) is 0 Å². The van der Waals surface area contributed by atoms with Crippen LogP contribution in [0.4, 0.5) is 0 Å². The van der Waals surface area contributed by atoms with E-state index in [1.54, 1.807) is 29.2 Å². The molecule has 0 saturated carbocycles. The lowest BCUT2D eigenvalue weighted by molar-refractivity contribution is 0.0719. The van der Waals surface area contributed by atoms with Gasteiger partial charge in [0.15, 0.2) is 5.76 Å². The number of rotatable bonds is 6. The summed E-state index contributed by atoms with van der Waals surface area (Å²) in [5.41, 5.74) is 4.67. The van der Waals surface area contributed by atoms with Crippen LogP contribution in [0.2, 0.25) is 5.02 Å². The first-order valence-electron chi connectivity index (χ1n) is 9.41. The van der Waals surface area contributed by atoms with Gasteiger partial charge in [0.25, 0.3) is 5.91 Å². The number of hydrogen-bond donors (Lipinski definition) is 0. The highest BCUT2D eigenvalue weighted by Crippen LogP contribution is 2.26. The number of amides is 1. The molecule has 1 heterocycles. The van der Waals surface area contributed by atoms with E-state index in [0.717, 1.165) is 28.1 Å². The fraction of sp³-hybridized carbons (Fsp3) is 0.304. The number of carbonyl (C=O) groups excluding carboxylic acids is 1. The third kappa shape index (κ3) is 4.82. The smallest absolute Gasteiger partial charge is 0.254 e. The number of hydrogen-bond acceptors (Lipinski definition) is 3. The molecule has 0 bridgehead atoms. The molecule has 0 N–H and O–H groups in total. The zero-order valence-corrected chi connectivity index (χ0v) is 17.5. The highest BCUT2D eigenvalue weighted by atomic mass is 35.5. The maximum absolute atomic E-state index is 13.0. The van der Waals surface area contributed by atoms with E-state index in [0.29, 0.717) is 29.6 Å². The molecule has 2 aromatic carbocycles. The molecule has 0 saturated heterocycles. The van der Waals surface area contributed by atoms with Gasteiger partial charge >= 0.3 is 0 Å². The van der Waals surface area contributed by atoms with Gasteiger partial charge in [-0.25, -0.2) is 0 Å². The Morgan fingerprint density at radius 3 is 2.50 bits per heavy atom. The van der Waals surface area contributed by atoms with Crippen LogP contribution >= 0.6 is 11.6 Å². The van der Waals surface area contributed by atoms with Crippen LogP contribution in [0.1, 0.15) is 41.0 Å². The standard InChI is InChI=1S/C23H25ClN2O2/c1-15(2)13-26(23(27)18-7-9-19(24)10-8-18)14-20-12-22(28-25-20)21-11-16(3)5-6-17(21)4/h5-12,15H,13-14H2,1-4H3. The summed E-state index contributed by atoms with van der Waals surface area (Å²) in [5.74, 6) is 1.02. The van der Waals surface area contributed by atoms with Gasteiger partial charge in [-0.05, 0) is 55.7 Å². The molecule has 0 radical (unpaired) electrons. The van der Waals surface area contributed by atoms with Crippen LogP contribution in [0, 0.1) is 19.8 Å². The third-order valence-corrected chi connectivity index (χ3v) is 4.79. The van der Waals surface area contributed by atoms with Crippen LogP contribution < -0.4 is 0 Å². The van der Waals surface area contributed by atoms with E-state index in [2.05, 4.69) is 44.1 Å². The summed E-state index contributed by atoms with van der Waals surface area (Å²) in [6, 6.07) is 15.1. The molecule has 0 unspecified atom stereocenters. The van der Waals surface area contributed by atoms with Crippen molar-refractivity contribution in [3.63, 3.8) is 0 Å². The highest BCUT2D eigenvalue weighted by Gasteiger charge is 2.20. The number of benzene rings is 2. The lowest BCUT2D eigenvalue weighted by atomic mass is 10.0. The Morgan fingerprint density at radius 2 is 1.82 bits per heavy atom. The topological polar surface area (TPSA) is 46.3 Å². The van der Waals surface area contributed by atoms with Crippen LogP contribution in [-0.4, -0.2) is 22.5 Å². The summed E-state index contributed by atoms with van der Waals surface area (Å²) >= 11 is 5.95. The summed E-state index contributed by atoms with van der Waals surface area (Å²) in [5, 5.41) is 4.82. The maximum Gasteiger partial charge on any atom is 0.254 e. The van der Waals surface area contributed by atoms with Gasteiger partial charge < -0.3 is 9.42 Å². The second-order valence-corrected chi connectivity index (χ2v) is 8.02. The van der Waals surface area contributed by atoms with E-state index < -0.39 is 0 Å². The van der Waals surface area contributed by atoms with E-state index in [1.807, 2.05) is 13.0 Å². The molecule has 3 rings (SSSR count). The molecule has 146 valence electrons. The zero-order chi connectivity index (χ0) is 20.3. The predicted molar refractivity (Wildman–Crippen MR) is 112 cm³/mol. The zero-order valence-electron chi connectivity index (χ0n) is 16.7. The molecule has 0 aliphatic heterocycles. The summed E-state index contributed by atoms with van der Waals surface area (Å²) in [6.45, 7) is 9.31. The molecule has 1 aromatic heterocycles. The van der Waals surface area contributed by atoms with Gasteiger partial charge in [0.2, 0.25) is 0 Å². The Labute approximate surface area is 171 Å². The van der Waals surface area contributed by atoms with Crippen LogP contribution in [0.25, 0.3) is 11.3 Å². The Hall–Kier alpha value is -2.59. The van der Waals surface area contributed by atoms with Crippen molar-refractivity contribution in [1.82, 2.24) is 10.1 Å². The first-order valence-corrected chi connectivity index (χ1v) is 9.79. The van der Waals surface area contributed by atoms with E-state index >= 15 is 0 Å². The second kappa shape index (κ2) is 8.61. The van der Waals surface area contributed by atoms with Crippen LogP contribution in [0.3, 0.4) is 0 Å². The van der Waals surface area contributed by atoms with Gasteiger partial charge in [-0.15, -0.1) is 0 Å². The molecular formula is C23H25ClN2O2. The monoisotopic (exact) mass is 396 g/mol. The van der Waals surface area contributed by atoms with Crippen molar-refractivity contribution >= 4 is 17.5 Å². The fourth-order valence-electron chi connectivity index (χ4n) is 3.15. The molecule has 1 amide bonds. The van der Waals surface area contributed by atoms with Crippen molar-refractivity contribution in [2.45, 2.75) is 34.2 Å². The second-order valence-electron chi connectivity index (χ2n) is 7.59. The molecule has 0 spiro atoms. The number of aryl methyl sites for hydroxylation is 2. The van der Waals surface area contributed by atoms with Gasteiger partial charge in [0, 0.05) is 28.8 Å². The van der Waals surface area contributed by atoms with Gasteiger partial charge in [-0.3, -0.25) is 4.79 Å². The van der Waals surface area contributed by atoms with E-state index in [9.17, 15) is 4.79 Å². The highest BCUT2D eigenvalue weighted by molar-refractivity contribution is 6.30. The lowest BCUT2D eigenvalue weighted by Gasteiger charge is -2.23. The van der Waals surface area contributed by atoms with Crippen LogP contribution in [0.15, 0.2) is 53.1 Å². The number of carbonyl (C=O) groups is 1. The summed E-state index contributed by atoms with van der Waals surface area (Å²) < 4.78 is 5.59. The van der Waals surface area contributed by atoms with Crippen molar-refractivity contribution in [2.24, 2.45) is 5.92 Å². The summed E-state index contributed by atoms with van der Waals surface area (Å²) in [4.78, 5) is 14.8. The van der Waals surface area contributed by atoms with Gasteiger partial charge in [0.1, 0.15) is 5.69 Å². The number of halogens is 1. The summed E-state index contributed by atoms with van der Waals surface area (Å²) in [6.07, 6.45) is 0. The molecule has 4 nitrogen and oxygen atoms in total. The largest absolute Gasteiger partial charge is 0.356 e. The van der Waals surface area contributed by atoms with E-state index in [4.69, 9.17) is 16.1 Å². The Morgan fingerprint density at radius 1 is 1.11 bits per heavy atom. The molecular weight excluding hydrogens is 372 g/mol. The van der Waals surface area contributed by atoms with E-state index in [1.165, 1.54) is 0 Å². The first kappa shape index (κ1) is 20.2. The minimum absolute atomic E-state index is 0.0401. The van der Waals surface area contributed by atoms with Crippen molar-refractivity contribution in [2.75, 3.05) is 6.54 Å². The average Bonchev–Trinajstić information content (AvgIpc) is 3.11. The van der Waals surface area contributed by atoms with Crippen molar-refractivity contribution < 1.29 is 9.32 Å². The molecule has 0 aliphatic rings. The maximum atomic E-state index is 13.0. The quantitative estimate of drug-likeness (QED) is 0.520. The molecule has 0 aliphatic carbocycles. The average molecular weight is 397 g/mol. The van der Waals surface area contributed by atoms with E-state index in [-0.39, 0.29) is 5.91 Å². The lowest BCUT2D eigenvalue weighted by Crippen LogP contribution is -2.33. The first-order chi connectivity index (χ1) is 13.3. The fourth-order valence-corrected chi connectivity index (χ4v) is 3.27. The molecule has 0 fully saturated rings. The van der Waals surface area contributed by atoms with Crippen molar-refractivity contribution in [3.05, 3.63) is 75.9 Å². The molecule has 3 aromatic rings. The number of nitrogens with zero attached hydrogens (tertiary/aromatic N) is 2. The van der Waals surface area contributed by atoms with Gasteiger partial charge in [-0.1, -0.05) is 48.3 Å². The molecule has 0 atom stereocenters. The Balaban J connectivity index is 1.83. The number of aromatic nitrogens is 1. The Kier molecular flexibility index (Phi) is 6.20. The SMILES string of the molecule is Cc1ccc(C)c(-c2cc(CN(CC(C)C)C(=O)c3ccc(Cl)cc3)no2)c1. The molecule has 28 heavy (non-hydrogen) atoms. The predicted octanol–water partition coefficient (Wildman–Crippen LogP) is 5.91. The normalized spacial score (nSPS) is 11.1. The van der Waals surface area contributed by atoms with Crippen molar-refractivity contribution in [3.8, 4) is 11.3 Å². The summed E-state index contributed by atoms with van der Waals surface area (Å²) in [7, 11) is 0. The van der Waals surface area contributed by atoms with Crippen molar-refractivity contribution in [1.29, 1.82) is 0 Å². The van der Waals surface area contributed by atoms with Crippen LogP contribution in [0.5, 0.6) is 0 Å². The third-order valence-electron chi connectivity index (χ3n) is 4.53. The van der Waals surface area contributed by atoms with Crippen LogP contribution in [-0.2, 0) is 6.54 Å². The van der Waals surface area contributed by atoms with Gasteiger partial charge in [0.05, 0.1) is 6.54 Å². The Bertz CT molecular complexity index is 961. The molecule has 5 heteroatoms.